The lowest BCUT2D eigenvalue weighted by Gasteiger charge is -2.07. The van der Waals surface area contributed by atoms with Crippen molar-refractivity contribution in [3.05, 3.63) is 59.1 Å². The zero-order valence-electron chi connectivity index (χ0n) is 9.76. The van der Waals surface area contributed by atoms with Crippen LogP contribution in [0.5, 0.6) is 5.75 Å². The number of hydrogen-bond acceptors (Lipinski definition) is 3. The van der Waals surface area contributed by atoms with Crippen LogP contribution in [-0.4, -0.2) is 6.09 Å². The van der Waals surface area contributed by atoms with Gasteiger partial charge in [-0.25, -0.2) is 4.79 Å². The van der Waals surface area contributed by atoms with Crippen LogP contribution in [0.4, 0.5) is 10.5 Å². The Balaban J connectivity index is 2.10. The van der Waals surface area contributed by atoms with Gasteiger partial charge in [-0.05, 0) is 30.3 Å². The summed E-state index contributed by atoms with van der Waals surface area (Å²) >= 11 is 5.77. The fourth-order valence-corrected chi connectivity index (χ4v) is 1.62. The van der Waals surface area contributed by atoms with Gasteiger partial charge in [-0.3, -0.25) is 5.32 Å². The Morgan fingerprint density at radius 1 is 1.21 bits per heavy atom. The van der Waals surface area contributed by atoms with E-state index in [0.29, 0.717) is 16.5 Å². The van der Waals surface area contributed by atoms with Crippen LogP contribution in [0.25, 0.3) is 0 Å². The Labute approximate surface area is 115 Å². The van der Waals surface area contributed by atoms with Crippen LogP contribution in [-0.2, 0) is 0 Å². The largest absolute Gasteiger partial charge is 0.417 e. The quantitative estimate of drug-likeness (QED) is 0.904. The van der Waals surface area contributed by atoms with Gasteiger partial charge < -0.3 is 4.74 Å². The molecule has 0 bridgehead atoms. The minimum Gasteiger partial charge on any atom is -0.410 e. The van der Waals surface area contributed by atoms with E-state index in [0.717, 1.165) is 0 Å². The monoisotopic (exact) mass is 272 g/mol. The number of rotatable bonds is 2. The summed E-state index contributed by atoms with van der Waals surface area (Å²) in [5, 5.41) is 11.9. The first-order valence-electron chi connectivity index (χ1n) is 5.42. The maximum Gasteiger partial charge on any atom is 0.417 e. The van der Waals surface area contributed by atoms with E-state index in [4.69, 9.17) is 21.6 Å². The lowest BCUT2D eigenvalue weighted by Crippen LogP contribution is -2.17. The molecule has 0 spiro atoms. The number of hydrogen-bond donors (Lipinski definition) is 1. The molecule has 0 aliphatic heterocycles. The Hall–Kier alpha value is -2.51. The van der Waals surface area contributed by atoms with Gasteiger partial charge in [-0.1, -0.05) is 29.8 Å². The minimum absolute atomic E-state index is 0.275. The molecule has 0 saturated heterocycles. The normalized spacial score (nSPS) is 9.47. The first-order valence-corrected chi connectivity index (χ1v) is 5.80. The number of carbonyl (C=O) groups excluding carboxylic acids is 1. The summed E-state index contributed by atoms with van der Waals surface area (Å²) in [5.41, 5.74) is 0.630. The lowest BCUT2D eigenvalue weighted by molar-refractivity contribution is 0.215. The number of benzene rings is 2. The number of halogens is 1. The maximum absolute atomic E-state index is 11.7. The molecule has 0 atom stereocenters. The van der Waals surface area contributed by atoms with Crippen molar-refractivity contribution in [2.75, 3.05) is 5.32 Å². The average Bonchev–Trinajstić information content (AvgIpc) is 2.42. The predicted molar refractivity (Wildman–Crippen MR) is 72.3 cm³/mol. The van der Waals surface area contributed by atoms with Gasteiger partial charge in [0.15, 0.2) is 0 Å². The molecule has 0 unspecified atom stereocenters. The molecular formula is C14H9ClN2O2. The number of nitriles is 1. The molecule has 1 amide bonds. The van der Waals surface area contributed by atoms with E-state index in [1.165, 1.54) is 6.07 Å². The van der Waals surface area contributed by atoms with E-state index in [1.54, 1.807) is 36.4 Å². The fourth-order valence-electron chi connectivity index (χ4n) is 1.45. The molecule has 19 heavy (non-hydrogen) atoms. The van der Waals surface area contributed by atoms with Gasteiger partial charge in [-0.2, -0.15) is 5.26 Å². The zero-order chi connectivity index (χ0) is 13.7. The van der Waals surface area contributed by atoms with Crippen molar-refractivity contribution in [1.82, 2.24) is 0 Å². The van der Waals surface area contributed by atoms with Gasteiger partial charge in [-0.15, -0.1) is 0 Å². The van der Waals surface area contributed by atoms with Gasteiger partial charge in [0.05, 0.1) is 11.3 Å². The Morgan fingerprint density at radius 2 is 1.95 bits per heavy atom. The highest BCUT2D eigenvalue weighted by Crippen LogP contribution is 2.20. The average molecular weight is 273 g/mol. The van der Waals surface area contributed by atoms with Crippen molar-refractivity contribution >= 4 is 23.4 Å². The first-order chi connectivity index (χ1) is 9.19. The summed E-state index contributed by atoms with van der Waals surface area (Å²) in [6, 6.07) is 15.2. The molecule has 1 N–H and O–H groups in total. The standard InChI is InChI=1S/C14H9ClN2O2/c15-11-6-7-13(10(8-11)9-16)17-14(18)19-12-4-2-1-3-5-12/h1-8H,(H,17,18). The van der Waals surface area contributed by atoms with E-state index in [2.05, 4.69) is 5.32 Å². The second-order valence-electron chi connectivity index (χ2n) is 3.63. The van der Waals surface area contributed by atoms with Crippen LogP contribution in [0, 0.1) is 11.3 Å². The summed E-state index contributed by atoms with van der Waals surface area (Å²) in [6.45, 7) is 0. The molecule has 0 heterocycles. The van der Waals surface area contributed by atoms with Crippen LogP contribution in [0.1, 0.15) is 5.56 Å². The molecule has 0 aliphatic rings. The number of ether oxygens (including phenoxy) is 1. The van der Waals surface area contributed by atoms with Gasteiger partial charge in [0.2, 0.25) is 0 Å². The molecule has 0 aliphatic carbocycles. The van der Waals surface area contributed by atoms with E-state index in [-0.39, 0.29) is 5.56 Å². The number of para-hydroxylation sites is 1. The second kappa shape index (κ2) is 5.89. The first kappa shape index (κ1) is 12.9. The molecule has 94 valence electrons. The third-order valence-electron chi connectivity index (χ3n) is 2.29. The van der Waals surface area contributed by atoms with Crippen molar-refractivity contribution in [3.8, 4) is 11.8 Å². The summed E-state index contributed by atoms with van der Waals surface area (Å²) in [7, 11) is 0. The Morgan fingerprint density at radius 3 is 2.63 bits per heavy atom. The molecule has 4 nitrogen and oxygen atoms in total. The number of anilines is 1. The lowest BCUT2D eigenvalue weighted by atomic mass is 10.2. The van der Waals surface area contributed by atoms with Crippen molar-refractivity contribution < 1.29 is 9.53 Å². The fraction of sp³-hybridized carbons (Fsp3) is 0. The molecular weight excluding hydrogens is 264 g/mol. The van der Waals surface area contributed by atoms with Crippen LogP contribution < -0.4 is 10.1 Å². The molecule has 0 saturated carbocycles. The third kappa shape index (κ3) is 3.47. The van der Waals surface area contributed by atoms with Crippen LogP contribution in [0.2, 0.25) is 5.02 Å². The number of carbonyl (C=O) groups is 1. The van der Waals surface area contributed by atoms with Crippen molar-refractivity contribution in [1.29, 1.82) is 5.26 Å². The SMILES string of the molecule is N#Cc1cc(Cl)ccc1NC(=O)Oc1ccccc1. The van der Waals surface area contributed by atoms with Crippen LogP contribution in [0.3, 0.4) is 0 Å². The van der Waals surface area contributed by atoms with E-state index in [1.807, 2.05) is 12.1 Å². The highest BCUT2D eigenvalue weighted by molar-refractivity contribution is 6.30. The molecule has 0 radical (unpaired) electrons. The third-order valence-corrected chi connectivity index (χ3v) is 2.53. The van der Waals surface area contributed by atoms with Crippen molar-refractivity contribution in [2.45, 2.75) is 0 Å². The summed E-state index contributed by atoms with van der Waals surface area (Å²) in [4.78, 5) is 11.7. The van der Waals surface area contributed by atoms with Crippen molar-refractivity contribution in [3.63, 3.8) is 0 Å². The van der Waals surface area contributed by atoms with Gasteiger partial charge in [0.25, 0.3) is 0 Å². The highest BCUT2D eigenvalue weighted by atomic mass is 35.5. The second-order valence-corrected chi connectivity index (χ2v) is 4.07. The predicted octanol–water partition coefficient (Wildman–Crippen LogP) is 3.82. The summed E-state index contributed by atoms with van der Waals surface area (Å²) < 4.78 is 5.06. The zero-order valence-corrected chi connectivity index (χ0v) is 10.5. The van der Waals surface area contributed by atoms with Crippen molar-refractivity contribution in [2.24, 2.45) is 0 Å². The highest BCUT2D eigenvalue weighted by Gasteiger charge is 2.09. The molecule has 2 rings (SSSR count). The summed E-state index contributed by atoms with van der Waals surface area (Å²) in [5.74, 6) is 0.424. The van der Waals surface area contributed by atoms with Crippen LogP contribution in [0.15, 0.2) is 48.5 Å². The molecule has 5 heteroatoms. The van der Waals surface area contributed by atoms with Gasteiger partial charge in [0, 0.05) is 5.02 Å². The van der Waals surface area contributed by atoms with Gasteiger partial charge in [0.1, 0.15) is 11.8 Å². The van der Waals surface area contributed by atoms with Crippen LogP contribution >= 0.6 is 11.6 Å². The number of amides is 1. The Kier molecular flexibility index (Phi) is 4.01. The summed E-state index contributed by atoms with van der Waals surface area (Å²) in [6.07, 6.45) is -0.662. The topological polar surface area (TPSA) is 62.1 Å². The molecule has 0 fully saturated rings. The number of nitrogens with one attached hydrogen (secondary N) is 1. The smallest absolute Gasteiger partial charge is 0.410 e. The molecule has 2 aromatic rings. The minimum atomic E-state index is -0.662. The molecule has 0 aromatic heterocycles. The van der Waals surface area contributed by atoms with E-state index >= 15 is 0 Å². The van der Waals surface area contributed by atoms with E-state index in [9.17, 15) is 4.79 Å². The number of nitrogens with zero attached hydrogens (tertiary/aromatic N) is 1. The molecule has 2 aromatic carbocycles. The van der Waals surface area contributed by atoms with Gasteiger partial charge >= 0.3 is 6.09 Å². The Bertz CT molecular complexity index is 636. The van der Waals surface area contributed by atoms with E-state index < -0.39 is 6.09 Å². The maximum atomic E-state index is 11.7.